The highest BCUT2D eigenvalue weighted by Gasteiger charge is 2.64. The van der Waals surface area contributed by atoms with Crippen molar-refractivity contribution < 1.29 is 18.4 Å². The van der Waals surface area contributed by atoms with Crippen molar-refractivity contribution in [2.45, 2.75) is 65.5 Å². The summed E-state index contributed by atoms with van der Waals surface area (Å²) < 4.78 is 11.5. The fraction of sp³-hybridized carbons (Fsp3) is 0.625. The third-order valence-corrected chi connectivity index (χ3v) is 8.04. The predicted molar refractivity (Wildman–Crippen MR) is 87.0 cm³/mol. The summed E-state index contributed by atoms with van der Waals surface area (Å²) in [6, 6.07) is 0. The van der Waals surface area contributed by atoms with E-state index in [-0.39, 0.29) is 11.1 Å². The average molecular weight is 312 g/mol. The van der Waals surface area contributed by atoms with Crippen molar-refractivity contribution in [3.05, 3.63) is 24.3 Å². The lowest BCUT2D eigenvalue weighted by molar-refractivity contribution is -0.138. The molecule has 0 aliphatic heterocycles. The van der Waals surface area contributed by atoms with E-state index in [0.29, 0.717) is 0 Å². The zero-order valence-electron chi connectivity index (χ0n) is 14.5. The number of carbonyl (C=O) groups is 2. The Hall–Kier alpha value is -1.36. The molecule has 0 aromatic heterocycles. The molecule has 0 bridgehead atoms. The van der Waals surface area contributed by atoms with Crippen LogP contribution >= 0.6 is 0 Å². The van der Waals surface area contributed by atoms with Gasteiger partial charge < -0.3 is 8.85 Å². The van der Waals surface area contributed by atoms with E-state index >= 15 is 0 Å². The Balaban J connectivity index is 6.02. The zero-order chi connectivity index (χ0) is 17.2. The van der Waals surface area contributed by atoms with Crippen LogP contribution in [0.5, 0.6) is 0 Å². The molecule has 0 atom stereocenters. The van der Waals surface area contributed by atoms with Gasteiger partial charge in [-0.3, -0.25) is 0 Å². The topological polar surface area (TPSA) is 52.6 Å². The van der Waals surface area contributed by atoms with Gasteiger partial charge in [0.2, 0.25) is 0 Å². The van der Waals surface area contributed by atoms with E-state index in [4.69, 9.17) is 8.85 Å². The van der Waals surface area contributed by atoms with E-state index in [1.54, 1.807) is 13.8 Å². The maximum absolute atomic E-state index is 12.1. The van der Waals surface area contributed by atoms with Gasteiger partial charge in [-0.2, -0.15) is 0 Å². The molecule has 0 radical (unpaired) electrons. The summed E-state index contributed by atoms with van der Waals surface area (Å²) in [4.78, 5) is 24.2. The molecule has 120 valence electrons. The zero-order valence-corrected chi connectivity index (χ0v) is 15.5. The molecule has 0 aliphatic carbocycles. The highest BCUT2D eigenvalue weighted by atomic mass is 28.4. The van der Waals surface area contributed by atoms with Gasteiger partial charge in [0.1, 0.15) is 0 Å². The maximum Gasteiger partial charge on any atom is 0.475 e. The third kappa shape index (κ3) is 4.30. The lowest BCUT2D eigenvalue weighted by Crippen LogP contribution is -2.59. The van der Waals surface area contributed by atoms with Gasteiger partial charge in [0, 0.05) is 21.2 Å². The highest BCUT2D eigenvalue weighted by Crippen LogP contribution is 2.52. The standard InChI is InChI=1S/C16H28O4Si/c1-11(2)13(17)19-21(15(5,6)7,16(8,9)10)20-14(18)12(3)4/h1,3H2,2,4-10H3. The van der Waals surface area contributed by atoms with Crippen LogP contribution in [0.4, 0.5) is 0 Å². The van der Waals surface area contributed by atoms with Gasteiger partial charge in [-0.1, -0.05) is 54.7 Å². The van der Waals surface area contributed by atoms with Crippen molar-refractivity contribution in [2.75, 3.05) is 0 Å². The van der Waals surface area contributed by atoms with E-state index in [2.05, 4.69) is 13.2 Å². The summed E-state index contributed by atoms with van der Waals surface area (Å²) in [5.74, 6) is -1.05. The quantitative estimate of drug-likeness (QED) is 0.574. The SMILES string of the molecule is C=C(C)C(=O)O[Si](OC(=O)C(=C)C)(C(C)(C)C)C(C)(C)C. The van der Waals surface area contributed by atoms with Crippen LogP contribution in [0.3, 0.4) is 0 Å². The summed E-state index contributed by atoms with van der Waals surface area (Å²) >= 11 is 0. The molecule has 0 heterocycles. The number of hydrogen-bond acceptors (Lipinski definition) is 4. The van der Waals surface area contributed by atoms with Gasteiger partial charge in [-0.25, -0.2) is 9.59 Å². The Labute approximate surface area is 129 Å². The van der Waals surface area contributed by atoms with Crippen molar-refractivity contribution in [1.82, 2.24) is 0 Å². The molecule has 0 rings (SSSR count). The van der Waals surface area contributed by atoms with E-state index in [1.165, 1.54) is 0 Å². The molecular formula is C16H28O4Si. The summed E-state index contributed by atoms with van der Waals surface area (Å²) in [5, 5.41) is -0.997. The second-order valence-corrected chi connectivity index (χ2v) is 12.1. The summed E-state index contributed by atoms with van der Waals surface area (Å²) in [6.45, 7) is 21.9. The molecule has 0 aliphatic rings. The molecule has 0 N–H and O–H groups in total. The normalized spacial score (nSPS) is 12.6. The number of hydrogen-bond donors (Lipinski definition) is 0. The van der Waals surface area contributed by atoms with Gasteiger partial charge in [0.15, 0.2) is 0 Å². The third-order valence-electron chi connectivity index (χ3n) is 3.14. The van der Waals surface area contributed by atoms with Crippen molar-refractivity contribution >= 4 is 20.5 Å². The van der Waals surface area contributed by atoms with Crippen LogP contribution in [-0.4, -0.2) is 20.5 Å². The van der Waals surface area contributed by atoms with E-state index < -0.39 is 30.6 Å². The molecule has 0 unspecified atom stereocenters. The monoisotopic (exact) mass is 312 g/mol. The molecule has 0 saturated heterocycles. The first-order valence-electron chi connectivity index (χ1n) is 6.93. The second-order valence-electron chi connectivity index (χ2n) is 7.46. The number of carbonyl (C=O) groups excluding carboxylic acids is 2. The first-order valence-corrected chi connectivity index (χ1v) is 8.75. The van der Waals surface area contributed by atoms with Crippen LogP contribution in [0, 0.1) is 0 Å². The predicted octanol–water partition coefficient (Wildman–Crippen LogP) is 4.27. The fourth-order valence-corrected chi connectivity index (χ4v) is 6.58. The molecule has 0 saturated carbocycles. The van der Waals surface area contributed by atoms with Gasteiger partial charge in [0.05, 0.1) is 0 Å². The lowest BCUT2D eigenvalue weighted by Gasteiger charge is -2.46. The van der Waals surface area contributed by atoms with Gasteiger partial charge in [0.25, 0.3) is 0 Å². The Morgan fingerprint density at radius 2 is 1.00 bits per heavy atom. The molecule has 4 nitrogen and oxygen atoms in total. The largest absolute Gasteiger partial charge is 0.481 e. The van der Waals surface area contributed by atoms with Gasteiger partial charge >= 0.3 is 20.5 Å². The molecule has 21 heavy (non-hydrogen) atoms. The van der Waals surface area contributed by atoms with Crippen LogP contribution in [0.15, 0.2) is 24.3 Å². The molecule has 5 heteroatoms. The molecule has 0 aromatic rings. The summed E-state index contributed by atoms with van der Waals surface area (Å²) in [5.41, 5.74) is 0.568. The minimum absolute atomic E-state index is 0.284. The number of rotatable bonds is 4. The van der Waals surface area contributed by atoms with Crippen LogP contribution in [0.2, 0.25) is 10.1 Å². The Kier molecular flexibility index (Phi) is 5.78. The Morgan fingerprint density at radius 3 is 1.14 bits per heavy atom. The summed E-state index contributed by atoms with van der Waals surface area (Å²) in [7, 11) is -3.27. The van der Waals surface area contributed by atoms with E-state index in [0.717, 1.165) is 0 Å². The van der Waals surface area contributed by atoms with E-state index in [9.17, 15) is 9.59 Å². The maximum atomic E-state index is 12.1. The van der Waals surface area contributed by atoms with Crippen molar-refractivity contribution in [3.8, 4) is 0 Å². The van der Waals surface area contributed by atoms with Crippen LogP contribution < -0.4 is 0 Å². The Morgan fingerprint density at radius 1 is 0.762 bits per heavy atom. The lowest BCUT2D eigenvalue weighted by atomic mass is 10.2. The minimum Gasteiger partial charge on any atom is -0.481 e. The van der Waals surface area contributed by atoms with E-state index in [1.807, 2.05) is 41.5 Å². The molecular weight excluding hydrogens is 284 g/mol. The first-order chi connectivity index (χ1) is 9.15. The molecule has 0 spiro atoms. The van der Waals surface area contributed by atoms with Crippen LogP contribution in [0.25, 0.3) is 0 Å². The van der Waals surface area contributed by atoms with Crippen LogP contribution in [-0.2, 0) is 18.4 Å². The van der Waals surface area contributed by atoms with Crippen LogP contribution in [0.1, 0.15) is 55.4 Å². The molecule has 0 aromatic carbocycles. The summed E-state index contributed by atoms with van der Waals surface area (Å²) in [6.07, 6.45) is 0. The fourth-order valence-electron chi connectivity index (χ4n) is 2.19. The Bertz CT molecular complexity index is 420. The average Bonchev–Trinajstić information content (AvgIpc) is 2.23. The first kappa shape index (κ1) is 19.6. The molecule has 0 amide bonds. The highest BCUT2D eigenvalue weighted by molar-refractivity contribution is 6.76. The smallest absolute Gasteiger partial charge is 0.475 e. The van der Waals surface area contributed by atoms with Crippen molar-refractivity contribution in [2.24, 2.45) is 0 Å². The van der Waals surface area contributed by atoms with Crippen molar-refractivity contribution in [3.63, 3.8) is 0 Å². The second kappa shape index (κ2) is 6.18. The van der Waals surface area contributed by atoms with Crippen molar-refractivity contribution in [1.29, 1.82) is 0 Å². The molecule has 0 fully saturated rings. The minimum atomic E-state index is -3.27. The van der Waals surface area contributed by atoms with Gasteiger partial charge in [-0.05, 0) is 13.8 Å². The van der Waals surface area contributed by atoms with Gasteiger partial charge in [-0.15, -0.1) is 0 Å².